The molecule has 0 aromatic carbocycles. The Hall–Kier alpha value is -0.120. The first kappa shape index (κ1) is 10.9. The van der Waals surface area contributed by atoms with Gasteiger partial charge >= 0.3 is 0 Å². The number of rotatable bonds is 6. The molecule has 0 aliphatic heterocycles. The molecule has 0 saturated carbocycles. The molecule has 0 heterocycles. The second-order valence-corrected chi connectivity index (χ2v) is 2.71. The van der Waals surface area contributed by atoms with Gasteiger partial charge in [0, 0.05) is 0 Å². The van der Waals surface area contributed by atoms with Crippen molar-refractivity contribution >= 4 is 0 Å². The van der Waals surface area contributed by atoms with E-state index < -0.39 is 6.10 Å². The molecule has 0 aromatic rings. The Morgan fingerprint density at radius 3 is 2.00 bits per heavy atom. The molecule has 0 aliphatic rings. The van der Waals surface area contributed by atoms with Crippen LogP contribution >= 0.6 is 0 Å². The van der Waals surface area contributed by atoms with Gasteiger partial charge < -0.3 is 15.3 Å². The molecule has 0 saturated heterocycles. The Labute approximate surface area is 67.7 Å². The van der Waals surface area contributed by atoms with Crippen LogP contribution in [-0.2, 0) is 0 Å². The SMILES string of the molecule is [CH2]CCC(O)CCC(O)CO. The molecule has 0 aliphatic carbocycles. The van der Waals surface area contributed by atoms with Crippen LogP contribution in [0, 0.1) is 6.92 Å². The molecule has 67 valence electrons. The van der Waals surface area contributed by atoms with E-state index in [9.17, 15) is 0 Å². The van der Waals surface area contributed by atoms with Gasteiger partial charge in [0.15, 0.2) is 0 Å². The molecule has 2 atom stereocenters. The fourth-order valence-electron chi connectivity index (χ4n) is 0.856. The van der Waals surface area contributed by atoms with Crippen LogP contribution in [0.5, 0.6) is 0 Å². The summed E-state index contributed by atoms with van der Waals surface area (Å²) >= 11 is 0. The van der Waals surface area contributed by atoms with Crippen molar-refractivity contribution in [1.29, 1.82) is 0 Å². The summed E-state index contributed by atoms with van der Waals surface area (Å²) in [5, 5.41) is 26.5. The number of aliphatic hydroxyl groups excluding tert-OH is 3. The van der Waals surface area contributed by atoms with Crippen LogP contribution in [0.25, 0.3) is 0 Å². The summed E-state index contributed by atoms with van der Waals surface area (Å²) in [5.74, 6) is 0. The standard InChI is InChI=1S/C8H17O3/c1-2-3-7(10)4-5-8(11)6-9/h7-11H,1-6H2. The third-order valence-corrected chi connectivity index (χ3v) is 1.58. The maximum atomic E-state index is 9.16. The molecule has 0 fully saturated rings. The summed E-state index contributed by atoms with van der Waals surface area (Å²) in [6.45, 7) is 3.38. The van der Waals surface area contributed by atoms with Gasteiger partial charge in [-0.1, -0.05) is 13.3 Å². The van der Waals surface area contributed by atoms with Gasteiger partial charge in [0.25, 0.3) is 0 Å². The van der Waals surface area contributed by atoms with Gasteiger partial charge in [-0.15, -0.1) is 0 Å². The van der Waals surface area contributed by atoms with E-state index in [0.29, 0.717) is 25.7 Å². The average molecular weight is 161 g/mol. The summed E-state index contributed by atoms with van der Waals surface area (Å²) < 4.78 is 0. The van der Waals surface area contributed by atoms with E-state index in [1.54, 1.807) is 0 Å². The monoisotopic (exact) mass is 161 g/mol. The molecule has 3 N–H and O–H groups in total. The molecule has 11 heavy (non-hydrogen) atoms. The van der Waals surface area contributed by atoms with Gasteiger partial charge in [0.05, 0.1) is 18.8 Å². The summed E-state index contributed by atoms with van der Waals surface area (Å²) in [4.78, 5) is 0. The van der Waals surface area contributed by atoms with E-state index >= 15 is 0 Å². The first-order valence-electron chi connectivity index (χ1n) is 3.97. The zero-order valence-electron chi connectivity index (χ0n) is 6.74. The minimum absolute atomic E-state index is 0.225. The van der Waals surface area contributed by atoms with Crippen LogP contribution < -0.4 is 0 Å². The van der Waals surface area contributed by atoms with E-state index in [2.05, 4.69) is 6.92 Å². The first-order chi connectivity index (χ1) is 5.20. The van der Waals surface area contributed by atoms with Crippen LogP contribution in [0.3, 0.4) is 0 Å². The van der Waals surface area contributed by atoms with Gasteiger partial charge in [0.1, 0.15) is 0 Å². The number of hydrogen-bond acceptors (Lipinski definition) is 3. The van der Waals surface area contributed by atoms with E-state index in [0.717, 1.165) is 0 Å². The van der Waals surface area contributed by atoms with Crippen molar-refractivity contribution in [3.05, 3.63) is 6.92 Å². The Bertz CT molecular complexity index is 85.4. The Morgan fingerprint density at radius 2 is 1.55 bits per heavy atom. The van der Waals surface area contributed by atoms with Crippen LogP contribution in [0.15, 0.2) is 0 Å². The van der Waals surface area contributed by atoms with Crippen molar-refractivity contribution in [3.8, 4) is 0 Å². The fraction of sp³-hybridized carbons (Fsp3) is 0.875. The van der Waals surface area contributed by atoms with Gasteiger partial charge in [-0.3, -0.25) is 0 Å². The average Bonchev–Trinajstić information content (AvgIpc) is 2.01. The predicted octanol–water partition coefficient (Wildman–Crippen LogP) is 0.0950. The molecular formula is C8H17O3. The van der Waals surface area contributed by atoms with Crippen molar-refractivity contribution < 1.29 is 15.3 Å². The lowest BCUT2D eigenvalue weighted by molar-refractivity contribution is 0.0668. The molecule has 0 spiro atoms. The fourth-order valence-corrected chi connectivity index (χ4v) is 0.856. The van der Waals surface area contributed by atoms with Crippen LogP contribution in [0.4, 0.5) is 0 Å². The molecule has 0 aromatic heterocycles. The van der Waals surface area contributed by atoms with E-state index in [1.165, 1.54) is 0 Å². The second-order valence-electron chi connectivity index (χ2n) is 2.71. The van der Waals surface area contributed by atoms with E-state index in [4.69, 9.17) is 15.3 Å². The number of aliphatic hydroxyl groups is 3. The van der Waals surface area contributed by atoms with Crippen molar-refractivity contribution in [3.63, 3.8) is 0 Å². The highest BCUT2D eigenvalue weighted by Crippen LogP contribution is 2.06. The molecule has 3 nitrogen and oxygen atoms in total. The third-order valence-electron chi connectivity index (χ3n) is 1.58. The summed E-state index contributed by atoms with van der Waals surface area (Å²) in [7, 11) is 0. The highest BCUT2D eigenvalue weighted by atomic mass is 16.3. The highest BCUT2D eigenvalue weighted by molar-refractivity contribution is 4.60. The molecule has 3 heteroatoms. The largest absolute Gasteiger partial charge is 0.394 e. The Morgan fingerprint density at radius 1 is 1.00 bits per heavy atom. The second kappa shape index (κ2) is 6.58. The van der Waals surface area contributed by atoms with Gasteiger partial charge in [-0.2, -0.15) is 0 Å². The Kier molecular flexibility index (Phi) is 6.51. The van der Waals surface area contributed by atoms with Gasteiger partial charge in [-0.05, 0) is 19.3 Å². The summed E-state index contributed by atoms with van der Waals surface area (Å²) in [5.41, 5.74) is 0. The lowest BCUT2D eigenvalue weighted by Gasteiger charge is -2.10. The quantitative estimate of drug-likeness (QED) is 0.517. The molecular weight excluding hydrogens is 144 g/mol. The highest BCUT2D eigenvalue weighted by Gasteiger charge is 2.06. The topological polar surface area (TPSA) is 60.7 Å². The molecule has 0 amide bonds. The predicted molar refractivity (Wildman–Crippen MR) is 42.9 cm³/mol. The Balaban J connectivity index is 3.22. The smallest absolute Gasteiger partial charge is 0.0771 e. The minimum atomic E-state index is -0.686. The van der Waals surface area contributed by atoms with Crippen molar-refractivity contribution in [1.82, 2.24) is 0 Å². The van der Waals surface area contributed by atoms with E-state index in [-0.39, 0.29) is 12.7 Å². The van der Waals surface area contributed by atoms with Crippen molar-refractivity contribution in [2.75, 3.05) is 6.61 Å². The summed E-state index contributed by atoms with van der Waals surface area (Å²) in [6, 6.07) is 0. The molecule has 1 radical (unpaired) electrons. The van der Waals surface area contributed by atoms with Crippen molar-refractivity contribution in [2.24, 2.45) is 0 Å². The maximum Gasteiger partial charge on any atom is 0.0771 e. The zero-order valence-corrected chi connectivity index (χ0v) is 6.74. The summed E-state index contributed by atoms with van der Waals surface area (Å²) in [6.07, 6.45) is 1.30. The van der Waals surface area contributed by atoms with Gasteiger partial charge in [0.2, 0.25) is 0 Å². The first-order valence-corrected chi connectivity index (χ1v) is 3.97. The van der Waals surface area contributed by atoms with Crippen LogP contribution in [-0.4, -0.2) is 34.1 Å². The number of hydrogen-bond donors (Lipinski definition) is 3. The normalized spacial score (nSPS) is 16.4. The third kappa shape index (κ3) is 6.28. The molecule has 0 rings (SSSR count). The minimum Gasteiger partial charge on any atom is -0.394 e. The lowest BCUT2D eigenvalue weighted by atomic mass is 10.1. The zero-order chi connectivity index (χ0) is 8.69. The van der Waals surface area contributed by atoms with Crippen LogP contribution in [0.2, 0.25) is 0 Å². The molecule has 2 unspecified atom stereocenters. The maximum absolute atomic E-state index is 9.16. The van der Waals surface area contributed by atoms with Crippen molar-refractivity contribution in [2.45, 2.75) is 37.9 Å². The molecule has 0 bridgehead atoms. The lowest BCUT2D eigenvalue weighted by Crippen LogP contribution is -2.16. The van der Waals surface area contributed by atoms with E-state index in [1.807, 2.05) is 0 Å². The van der Waals surface area contributed by atoms with Gasteiger partial charge in [-0.25, -0.2) is 0 Å². The van der Waals surface area contributed by atoms with Crippen LogP contribution in [0.1, 0.15) is 25.7 Å².